The second kappa shape index (κ2) is 9.96. The molecule has 4 rings (SSSR count). The van der Waals surface area contributed by atoms with Crippen molar-refractivity contribution in [3.05, 3.63) is 86.7 Å². The van der Waals surface area contributed by atoms with Gasteiger partial charge in [-0.05, 0) is 47.5 Å². The molecule has 0 spiro atoms. The Labute approximate surface area is 205 Å². The fourth-order valence-corrected chi connectivity index (χ4v) is 4.65. The van der Waals surface area contributed by atoms with E-state index in [0.29, 0.717) is 48.5 Å². The van der Waals surface area contributed by atoms with Crippen LogP contribution in [0, 0.1) is 0 Å². The largest absolute Gasteiger partial charge is 0.493 e. The molecule has 32 heavy (non-hydrogen) atoms. The molecule has 1 N–H and O–H groups in total. The van der Waals surface area contributed by atoms with Gasteiger partial charge >= 0.3 is 0 Å². The molecule has 1 fully saturated rings. The molecular formula is C24H17Cl2NO3S2. The molecule has 1 aliphatic rings. The lowest BCUT2D eigenvalue weighted by molar-refractivity contribution is -0.115. The van der Waals surface area contributed by atoms with Crippen LogP contribution in [0.2, 0.25) is 10.0 Å². The Morgan fingerprint density at radius 3 is 2.53 bits per heavy atom. The maximum Gasteiger partial charge on any atom is 0.263 e. The number of benzene rings is 3. The van der Waals surface area contributed by atoms with Gasteiger partial charge in [0.25, 0.3) is 5.91 Å². The summed E-state index contributed by atoms with van der Waals surface area (Å²) in [7, 11) is 1.57. The van der Waals surface area contributed by atoms with E-state index in [9.17, 15) is 4.79 Å². The molecule has 1 heterocycles. The van der Waals surface area contributed by atoms with Gasteiger partial charge in [0.1, 0.15) is 10.9 Å². The Morgan fingerprint density at radius 2 is 1.84 bits per heavy atom. The molecule has 0 bridgehead atoms. The van der Waals surface area contributed by atoms with Crippen LogP contribution in [0.15, 0.2) is 65.6 Å². The lowest BCUT2D eigenvalue weighted by atomic mass is 10.0. The molecule has 3 aromatic carbocycles. The fraction of sp³-hybridized carbons (Fsp3) is 0.0833. The van der Waals surface area contributed by atoms with Crippen LogP contribution in [-0.4, -0.2) is 17.3 Å². The smallest absolute Gasteiger partial charge is 0.263 e. The van der Waals surface area contributed by atoms with Crippen molar-refractivity contribution >= 4 is 63.5 Å². The first-order valence-electron chi connectivity index (χ1n) is 9.53. The highest BCUT2D eigenvalue weighted by molar-refractivity contribution is 8.26. The third kappa shape index (κ3) is 5.10. The highest BCUT2D eigenvalue weighted by atomic mass is 35.5. The minimum absolute atomic E-state index is 0.231. The van der Waals surface area contributed by atoms with Gasteiger partial charge in [-0.1, -0.05) is 77.5 Å². The fourth-order valence-electron chi connectivity index (χ4n) is 3.21. The van der Waals surface area contributed by atoms with Gasteiger partial charge in [0.2, 0.25) is 0 Å². The van der Waals surface area contributed by atoms with Crippen LogP contribution < -0.4 is 14.8 Å². The molecule has 3 aromatic rings. The Balaban J connectivity index is 1.84. The Kier molecular flexibility index (Phi) is 7.06. The third-order valence-corrected chi connectivity index (χ3v) is 6.41. The molecule has 162 valence electrons. The summed E-state index contributed by atoms with van der Waals surface area (Å²) in [6.07, 6.45) is 1.75. The molecule has 1 amide bonds. The van der Waals surface area contributed by atoms with Crippen LogP contribution in [0.5, 0.6) is 11.5 Å². The maximum absolute atomic E-state index is 12.1. The van der Waals surface area contributed by atoms with E-state index in [4.69, 9.17) is 44.9 Å². The van der Waals surface area contributed by atoms with E-state index < -0.39 is 0 Å². The number of ether oxygens (including phenoxy) is 2. The molecular weight excluding hydrogens is 485 g/mol. The number of methoxy groups -OCH3 is 1. The van der Waals surface area contributed by atoms with Crippen molar-refractivity contribution in [2.75, 3.05) is 7.11 Å². The van der Waals surface area contributed by atoms with Crippen molar-refractivity contribution in [3.8, 4) is 22.6 Å². The standard InChI is InChI=1S/C24H17Cl2NO3S2/c1-29-20-10-15(11-21-23(28)27-24(31)32-21)9-18(17-12-16(25)7-8-19(17)26)22(20)30-13-14-5-3-2-4-6-14/h2-12H,13H2,1H3,(H,27,28,31). The number of thioether (sulfide) groups is 1. The summed E-state index contributed by atoms with van der Waals surface area (Å²) in [6, 6.07) is 18.8. The zero-order chi connectivity index (χ0) is 22.7. The molecule has 0 atom stereocenters. The minimum atomic E-state index is -0.231. The molecule has 0 radical (unpaired) electrons. The monoisotopic (exact) mass is 501 g/mol. The number of thiocarbonyl (C=S) groups is 1. The van der Waals surface area contributed by atoms with Gasteiger partial charge in [-0.25, -0.2) is 0 Å². The first kappa shape index (κ1) is 22.7. The first-order chi connectivity index (χ1) is 15.4. The maximum atomic E-state index is 12.1. The van der Waals surface area contributed by atoms with Crippen molar-refractivity contribution in [1.82, 2.24) is 5.32 Å². The summed E-state index contributed by atoms with van der Waals surface area (Å²) in [6.45, 7) is 0.343. The van der Waals surface area contributed by atoms with Gasteiger partial charge in [-0.3, -0.25) is 4.79 Å². The van der Waals surface area contributed by atoms with E-state index in [1.54, 1.807) is 31.4 Å². The van der Waals surface area contributed by atoms with E-state index in [2.05, 4.69) is 5.32 Å². The quantitative estimate of drug-likeness (QED) is 0.299. The topological polar surface area (TPSA) is 47.6 Å². The van der Waals surface area contributed by atoms with Crippen LogP contribution in [-0.2, 0) is 11.4 Å². The number of rotatable bonds is 6. The number of hydrogen-bond acceptors (Lipinski definition) is 5. The van der Waals surface area contributed by atoms with Crippen LogP contribution in [0.4, 0.5) is 0 Å². The highest BCUT2D eigenvalue weighted by Crippen LogP contribution is 2.44. The van der Waals surface area contributed by atoms with Crippen molar-refractivity contribution in [1.29, 1.82) is 0 Å². The Morgan fingerprint density at radius 1 is 1.06 bits per heavy atom. The lowest BCUT2D eigenvalue weighted by Gasteiger charge is -2.18. The van der Waals surface area contributed by atoms with Crippen molar-refractivity contribution in [3.63, 3.8) is 0 Å². The van der Waals surface area contributed by atoms with Crippen molar-refractivity contribution in [2.45, 2.75) is 6.61 Å². The van der Waals surface area contributed by atoms with E-state index in [-0.39, 0.29) is 5.91 Å². The predicted molar refractivity (Wildman–Crippen MR) is 136 cm³/mol. The summed E-state index contributed by atoms with van der Waals surface area (Å²) in [5.41, 5.74) is 3.14. The highest BCUT2D eigenvalue weighted by Gasteiger charge is 2.23. The van der Waals surface area contributed by atoms with Crippen LogP contribution in [0.25, 0.3) is 17.2 Å². The molecule has 0 aliphatic carbocycles. The average molecular weight is 502 g/mol. The minimum Gasteiger partial charge on any atom is -0.493 e. The normalized spacial score (nSPS) is 14.5. The number of halogens is 2. The summed E-state index contributed by atoms with van der Waals surface area (Å²) < 4.78 is 12.3. The lowest BCUT2D eigenvalue weighted by Crippen LogP contribution is -2.17. The van der Waals surface area contributed by atoms with Gasteiger partial charge < -0.3 is 14.8 Å². The zero-order valence-electron chi connectivity index (χ0n) is 16.9. The van der Waals surface area contributed by atoms with Gasteiger partial charge in [-0.2, -0.15) is 0 Å². The van der Waals surface area contributed by atoms with E-state index in [0.717, 1.165) is 11.1 Å². The van der Waals surface area contributed by atoms with Crippen molar-refractivity contribution < 1.29 is 14.3 Å². The van der Waals surface area contributed by atoms with Crippen LogP contribution in [0.3, 0.4) is 0 Å². The zero-order valence-corrected chi connectivity index (χ0v) is 20.0. The van der Waals surface area contributed by atoms with Gasteiger partial charge in [-0.15, -0.1) is 0 Å². The Hall–Kier alpha value is -2.51. The van der Waals surface area contributed by atoms with Crippen LogP contribution in [0.1, 0.15) is 11.1 Å². The van der Waals surface area contributed by atoms with Crippen LogP contribution >= 0.6 is 47.2 Å². The number of carbonyl (C=O) groups excluding carboxylic acids is 1. The predicted octanol–water partition coefficient (Wildman–Crippen LogP) is 6.74. The SMILES string of the molecule is COc1cc(C=C2SC(=S)NC2=O)cc(-c2cc(Cl)ccc2Cl)c1OCc1ccccc1. The molecule has 0 unspecified atom stereocenters. The molecule has 8 heteroatoms. The number of amides is 1. The number of carbonyl (C=O) groups is 1. The Bertz CT molecular complexity index is 1230. The number of nitrogens with one attached hydrogen (secondary N) is 1. The van der Waals surface area contributed by atoms with Crippen molar-refractivity contribution in [2.24, 2.45) is 0 Å². The van der Waals surface area contributed by atoms with E-state index in [1.165, 1.54) is 11.8 Å². The third-order valence-electron chi connectivity index (χ3n) is 4.68. The van der Waals surface area contributed by atoms with E-state index in [1.807, 2.05) is 42.5 Å². The average Bonchev–Trinajstić information content (AvgIpc) is 3.11. The summed E-state index contributed by atoms with van der Waals surface area (Å²) in [4.78, 5) is 12.6. The summed E-state index contributed by atoms with van der Waals surface area (Å²) in [5, 5.41) is 3.67. The van der Waals surface area contributed by atoms with Gasteiger partial charge in [0.05, 0.1) is 12.0 Å². The second-order valence-electron chi connectivity index (χ2n) is 6.85. The molecule has 1 saturated heterocycles. The summed E-state index contributed by atoms with van der Waals surface area (Å²) in [5.74, 6) is 0.805. The molecule has 1 aliphatic heterocycles. The number of hydrogen-bond donors (Lipinski definition) is 1. The molecule has 0 aromatic heterocycles. The molecule has 4 nitrogen and oxygen atoms in total. The van der Waals surface area contributed by atoms with Gasteiger partial charge in [0.15, 0.2) is 11.5 Å². The second-order valence-corrected chi connectivity index (χ2v) is 9.41. The van der Waals surface area contributed by atoms with E-state index >= 15 is 0 Å². The molecule has 0 saturated carbocycles. The summed E-state index contributed by atoms with van der Waals surface area (Å²) >= 11 is 19.1. The first-order valence-corrected chi connectivity index (χ1v) is 11.5. The van der Waals surface area contributed by atoms with Gasteiger partial charge in [0, 0.05) is 21.2 Å².